The van der Waals surface area contributed by atoms with E-state index in [0.717, 1.165) is 42.0 Å². The van der Waals surface area contributed by atoms with Gasteiger partial charge in [-0.25, -0.2) is 4.98 Å². The molecule has 1 N–H and O–H groups in total. The fourth-order valence-corrected chi connectivity index (χ4v) is 4.92. The summed E-state index contributed by atoms with van der Waals surface area (Å²) in [5.74, 6) is 0.467. The van der Waals surface area contributed by atoms with E-state index in [9.17, 15) is 9.59 Å². The van der Waals surface area contributed by atoms with Gasteiger partial charge in [-0.2, -0.15) is 0 Å². The third kappa shape index (κ3) is 4.29. The van der Waals surface area contributed by atoms with E-state index < -0.39 is 0 Å². The average molecular weight is 445 g/mol. The second-order valence-corrected chi connectivity index (χ2v) is 9.02. The van der Waals surface area contributed by atoms with Gasteiger partial charge in [-0.3, -0.25) is 9.59 Å². The van der Waals surface area contributed by atoms with Gasteiger partial charge in [0.2, 0.25) is 0 Å². The number of benzene rings is 1. The van der Waals surface area contributed by atoms with Crippen molar-refractivity contribution in [1.82, 2.24) is 19.6 Å². The van der Waals surface area contributed by atoms with E-state index in [4.69, 9.17) is 0 Å². The van der Waals surface area contributed by atoms with Crippen molar-refractivity contribution in [3.63, 3.8) is 0 Å². The zero-order valence-corrected chi connectivity index (χ0v) is 18.4. The highest BCUT2D eigenvalue weighted by molar-refractivity contribution is 7.12. The fraction of sp³-hybridized carbons (Fsp3) is 0.240. The fourth-order valence-electron chi connectivity index (χ4n) is 4.23. The molecule has 3 aromatic heterocycles. The van der Waals surface area contributed by atoms with Crippen molar-refractivity contribution in [2.75, 3.05) is 13.1 Å². The number of fused-ring (bicyclic) bond motifs is 1. The normalized spacial score (nSPS) is 14.6. The van der Waals surface area contributed by atoms with Gasteiger partial charge in [-0.15, -0.1) is 11.3 Å². The van der Waals surface area contributed by atoms with Gasteiger partial charge in [-0.1, -0.05) is 18.2 Å². The van der Waals surface area contributed by atoms with Crippen molar-refractivity contribution in [1.29, 1.82) is 0 Å². The predicted molar refractivity (Wildman–Crippen MR) is 125 cm³/mol. The lowest BCUT2D eigenvalue weighted by Crippen LogP contribution is -2.37. The Hall–Kier alpha value is -3.45. The van der Waals surface area contributed by atoms with Gasteiger partial charge in [-0.05, 0) is 65.6 Å². The summed E-state index contributed by atoms with van der Waals surface area (Å²) < 4.78 is 1.94. The minimum Gasteiger partial charge on any atom is -0.348 e. The number of hydrogen-bond acceptors (Lipinski definition) is 4. The number of amides is 2. The van der Waals surface area contributed by atoms with Crippen molar-refractivity contribution in [3.05, 3.63) is 94.1 Å². The van der Waals surface area contributed by atoms with Gasteiger partial charge in [0.1, 0.15) is 5.65 Å². The van der Waals surface area contributed by atoms with Crippen molar-refractivity contribution in [2.45, 2.75) is 25.3 Å². The van der Waals surface area contributed by atoms with Crippen LogP contribution < -0.4 is 5.32 Å². The number of carbonyl (C=O) groups excluding carboxylic acids is 2. The molecule has 4 aromatic rings. The maximum Gasteiger partial charge on any atom is 0.263 e. The minimum atomic E-state index is -0.0869. The third-order valence-electron chi connectivity index (χ3n) is 6.07. The summed E-state index contributed by atoms with van der Waals surface area (Å²) in [6.45, 7) is 2.00. The topological polar surface area (TPSA) is 66.7 Å². The molecule has 7 heteroatoms. The quantitative estimate of drug-likeness (QED) is 0.498. The van der Waals surface area contributed by atoms with Crippen LogP contribution in [0.1, 0.15) is 49.9 Å². The van der Waals surface area contributed by atoms with Crippen LogP contribution in [0.4, 0.5) is 0 Å². The van der Waals surface area contributed by atoms with Crippen molar-refractivity contribution in [3.8, 4) is 0 Å². The van der Waals surface area contributed by atoms with Crippen LogP contribution in [0, 0.1) is 0 Å². The summed E-state index contributed by atoms with van der Waals surface area (Å²) in [7, 11) is 0. The third-order valence-corrected chi connectivity index (χ3v) is 6.93. The zero-order chi connectivity index (χ0) is 21.9. The Morgan fingerprint density at radius 3 is 2.62 bits per heavy atom. The molecule has 32 heavy (non-hydrogen) atoms. The van der Waals surface area contributed by atoms with E-state index in [1.54, 1.807) is 6.20 Å². The number of nitrogens with one attached hydrogen (secondary N) is 1. The van der Waals surface area contributed by atoms with Crippen LogP contribution in [0.3, 0.4) is 0 Å². The van der Waals surface area contributed by atoms with Crippen LogP contribution in [0.5, 0.6) is 0 Å². The first-order valence-electron chi connectivity index (χ1n) is 10.8. The number of imidazole rings is 1. The van der Waals surface area contributed by atoms with E-state index in [0.29, 0.717) is 18.0 Å². The molecular formula is C25H24N4O2S. The second-order valence-electron chi connectivity index (χ2n) is 8.08. The first-order chi connectivity index (χ1) is 15.7. The molecule has 1 saturated heterocycles. The molecule has 5 rings (SSSR count). The van der Waals surface area contributed by atoms with Crippen LogP contribution in [0.2, 0.25) is 0 Å². The highest BCUT2D eigenvalue weighted by Crippen LogP contribution is 2.29. The molecule has 1 fully saturated rings. The molecule has 1 aliphatic heterocycles. The molecule has 0 spiro atoms. The molecule has 1 aromatic carbocycles. The van der Waals surface area contributed by atoms with Gasteiger partial charge < -0.3 is 14.6 Å². The van der Waals surface area contributed by atoms with E-state index in [1.807, 2.05) is 75.6 Å². The number of pyridine rings is 1. The van der Waals surface area contributed by atoms with E-state index in [-0.39, 0.29) is 11.8 Å². The Kier molecular flexibility index (Phi) is 5.73. The van der Waals surface area contributed by atoms with Crippen LogP contribution in [-0.2, 0) is 6.54 Å². The van der Waals surface area contributed by atoms with Crippen LogP contribution in [-0.4, -0.2) is 39.2 Å². The van der Waals surface area contributed by atoms with E-state index in [2.05, 4.69) is 10.3 Å². The maximum absolute atomic E-state index is 12.6. The molecular weight excluding hydrogens is 420 g/mol. The molecule has 1 aliphatic rings. The summed E-state index contributed by atoms with van der Waals surface area (Å²) in [5.41, 5.74) is 3.76. The Bertz CT molecular complexity index is 1220. The minimum absolute atomic E-state index is 0.0869. The van der Waals surface area contributed by atoms with Gasteiger partial charge in [0.15, 0.2) is 0 Å². The second kappa shape index (κ2) is 8.96. The van der Waals surface area contributed by atoms with E-state index in [1.165, 1.54) is 16.9 Å². The first kappa shape index (κ1) is 20.5. The molecule has 162 valence electrons. The molecule has 0 radical (unpaired) electrons. The summed E-state index contributed by atoms with van der Waals surface area (Å²) in [5, 5.41) is 4.92. The number of nitrogens with zero attached hydrogens (tertiary/aromatic N) is 3. The molecule has 0 bridgehead atoms. The smallest absolute Gasteiger partial charge is 0.263 e. The lowest BCUT2D eigenvalue weighted by molar-refractivity contribution is 0.0717. The highest BCUT2D eigenvalue weighted by Gasteiger charge is 2.25. The summed E-state index contributed by atoms with van der Waals surface area (Å²) in [4.78, 5) is 32.1. The standard InChI is InChI=1S/C25H24N4O2S/c30-24(27-17-18-7-11-28-14-10-26-23(28)16-18)21-5-3-19(4-6-21)20-8-12-29(13-9-20)25(31)22-2-1-15-32-22/h1-7,10-11,14-16,20H,8-9,12-13,17H2,(H,27,30). The number of hydrogen-bond donors (Lipinski definition) is 1. The maximum atomic E-state index is 12.6. The number of piperidine rings is 1. The predicted octanol–water partition coefficient (Wildman–Crippen LogP) is 4.35. The Morgan fingerprint density at radius 2 is 1.88 bits per heavy atom. The Balaban J connectivity index is 1.15. The Morgan fingerprint density at radius 1 is 1.06 bits per heavy atom. The lowest BCUT2D eigenvalue weighted by Gasteiger charge is -2.32. The molecule has 0 saturated carbocycles. The summed E-state index contributed by atoms with van der Waals surface area (Å²) in [6, 6.07) is 15.6. The van der Waals surface area contributed by atoms with Crippen molar-refractivity contribution >= 4 is 28.8 Å². The van der Waals surface area contributed by atoms with Gasteiger partial charge in [0, 0.05) is 43.8 Å². The van der Waals surface area contributed by atoms with Crippen molar-refractivity contribution < 1.29 is 9.59 Å². The van der Waals surface area contributed by atoms with Crippen molar-refractivity contribution in [2.24, 2.45) is 0 Å². The monoisotopic (exact) mass is 444 g/mol. The molecule has 4 heterocycles. The molecule has 0 atom stereocenters. The number of likely N-dealkylation sites (tertiary alicyclic amines) is 1. The average Bonchev–Trinajstić information content (AvgIpc) is 3.54. The number of thiophene rings is 1. The Labute approximate surface area is 190 Å². The highest BCUT2D eigenvalue weighted by atomic mass is 32.1. The van der Waals surface area contributed by atoms with E-state index >= 15 is 0 Å². The number of carbonyl (C=O) groups is 2. The lowest BCUT2D eigenvalue weighted by atomic mass is 9.89. The number of aromatic nitrogens is 2. The number of rotatable bonds is 5. The van der Waals surface area contributed by atoms with Gasteiger partial charge in [0.05, 0.1) is 4.88 Å². The summed E-state index contributed by atoms with van der Waals surface area (Å²) >= 11 is 1.50. The summed E-state index contributed by atoms with van der Waals surface area (Å²) in [6.07, 6.45) is 7.48. The molecule has 2 amide bonds. The molecule has 6 nitrogen and oxygen atoms in total. The van der Waals surface area contributed by atoms with Crippen LogP contribution in [0.15, 0.2) is 72.5 Å². The van der Waals surface area contributed by atoms with Gasteiger partial charge in [0.25, 0.3) is 11.8 Å². The molecule has 0 unspecified atom stereocenters. The first-order valence-corrected chi connectivity index (χ1v) is 11.7. The van der Waals surface area contributed by atoms with Crippen LogP contribution in [0.25, 0.3) is 5.65 Å². The van der Waals surface area contributed by atoms with Crippen LogP contribution >= 0.6 is 11.3 Å². The van der Waals surface area contributed by atoms with Gasteiger partial charge >= 0.3 is 0 Å². The zero-order valence-electron chi connectivity index (χ0n) is 17.6. The SMILES string of the molecule is O=C(NCc1ccn2ccnc2c1)c1ccc(C2CCN(C(=O)c3cccs3)CC2)cc1. The largest absolute Gasteiger partial charge is 0.348 e. The molecule has 0 aliphatic carbocycles.